The van der Waals surface area contributed by atoms with Gasteiger partial charge < -0.3 is 34.5 Å². The highest BCUT2D eigenvalue weighted by molar-refractivity contribution is 7.46. The second-order valence-corrected chi connectivity index (χ2v) is 6.17. The fourth-order valence-corrected chi connectivity index (χ4v) is 2.52. The smallest absolute Gasteiger partial charge is 0.391 e. The van der Waals surface area contributed by atoms with Gasteiger partial charge in [0.2, 0.25) is 5.90 Å². The number of phosphoric acid groups is 1. The molecule has 11 nitrogen and oxygen atoms in total. The van der Waals surface area contributed by atoms with Gasteiger partial charge in [0.1, 0.15) is 30.2 Å². The van der Waals surface area contributed by atoms with Gasteiger partial charge in [0.25, 0.3) is 0 Å². The van der Waals surface area contributed by atoms with Crippen molar-refractivity contribution >= 4 is 13.7 Å². The predicted molar refractivity (Wildman–Crippen MR) is 76.4 cm³/mol. The number of hydrogen-bond donors (Lipinski definition) is 5. The molecule has 0 saturated carbocycles. The third kappa shape index (κ3) is 4.59. The first-order chi connectivity index (χ1) is 10.7. The minimum Gasteiger partial charge on any atom is -0.391 e. The SMILES string of the molecule is C=C1N=C(ON)C=CN1C[C@@H]1O[C@H](COP(=O)(O)O)C(O)[C@@H]1O. The monoisotopic (exact) mass is 351 g/mol. The van der Waals surface area contributed by atoms with Gasteiger partial charge in [-0.15, -0.1) is 0 Å². The summed E-state index contributed by atoms with van der Waals surface area (Å²) >= 11 is 0. The largest absolute Gasteiger partial charge is 0.469 e. The lowest BCUT2D eigenvalue weighted by Gasteiger charge is -2.26. The van der Waals surface area contributed by atoms with E-state index in [1.54, 1.807) is 6.20 Å². The van der Waals surface area contributed by atoms with Gasteiger partial charge in [-0.05, 0) is 0 Å². The van der Waals surface area contributed by atoms with Crippen molar-refractivity contribution in [3.63, 3.8) is 0 Å². The van der Waals surface area contributed by atoms with Gasteiger partial charge in [0.15, 0.2) is 0 Å². The van der Waals surface area contributed by atoms with Gasteiger partial charge in [-0.25, -0.2) is 4.57 Å². The molecule has 1 saturated heterocycles. The maximum absolute atomic E-state index is 10.7. The van der Waals surface area contributed by atoms with E-state index in [1.165, 1.54) is 11.0 Å². The Kier molecular flexibility index (Phi) is 5.55. The van der Waals surface area contributed by atoms with Crippen LogP contribution in [0.25, 0.3) is 0 Å². The number of nitrogens with two attached hydrogens (primary N) is 1. The molecule has 2 aliphatic rings. The Balaban J connectivity index is 1.94. The highest BCUT2D eigenvalue weighted by atomic mass is 31.2. The van der Waals surface area contributed by atoms with E-state index < -0.39 is 38.8 Å². The molecular formula is C11H18N3O8P. The first-order valence-corrected chi connectivity index (χ1v) is 8.05. The molecule has 1 fully saturated rings. The molecule has 130 valence electrons. The van der Waals surface area contributed by atoms with E-state index >= 15 is 0 Å². The molecule has 2 heterocycles. The number of aliphatic hydroxyl groups excluding tert-OH is 2. The Hall–Kier alpha value is -1.30. The number of rotatable bonds is 5. The summed E-state index contributed by atoms with van der Waals surface area (Å²) in [6.45, 7) is 3.23. The topological polar surface area (TPSA) is 167 Å². The van der Waals surface area contributed by atoms with Crippen molar-refractivity contribution in [3.8, 4) is 0 Å². The lowest BCUT2D eigenvalue weighted by Crippen LogP contribution is -2.38. The molecule has 0 aromatic carbocycles. The van der Waals surface area contributed by atoms with Crippen molar-refractivity contribution in [1.82, 2.24) is 4.90 Å². The summed E-state index contributed by atoms with van der Waals surface area (Å²) < 4.78 is 20.4. The number of hydrogen-bond acceptors (Lipinski definition) is 9. The molecule has 4 atom stereocenters. The Morgan fingerprint density at radius 2 is 2.04 bits per heavy atom. The van der Waals surface area contributed by atoms with Crippen molar-refractivity contribution in [2.75, 3.05) is 13.2 Å². The van der Waals surface area contributed by atoms with Crippen LogP contribution in [0.1, 0.15) is 0 Å². The van der Waals surface area contributed by atoms with Crippen LogP contribution in [0.3, 0.4) is 0 Å². The van der Waals surface area contributed by atoms with E-state index in [-0.39, 0.29) is 18.3 Å². The van der Waals surface area contributed by atoms with Crippen LogP contribution in [0.5, 0.6) is 0 Å². The molecule has 0 aromatic rings. The van der Waals surface area contributed by atoms with Crippen LogP contribution in [-0.4, -0.2) is 68.4 Å². The van der Waals surface area contributed by atoms with E-state index in [0.29, 0.717) is 0 Å². The zero-order valence-corrected chi connectivity index (χ0v) is 12.8. The zero-order chi connectivity index (χ0) is 17.2. The van der Waals surface area contributed by atoms with Gasteiger partial charge in [-0.1, -0.05) is 6.58 Å². The molecule has 0 bridgehead atoms. The van der Waals surface area contributed by atoms with E-state index in [1.807, 2.05) is 0 Å². The molecule has 2 aliphatic heterocycles. The third-order valence-electron chi connectivity index (χ3n) is 3.33. The van der Waals surface area contributed by atoms with Crippen LogP contribution < -0.4 is 5.90 Å². The van der Waals surface area contributed by atoms with Gasteiger partial charge >= 0.3 is 7.82 Å². The number of phosphoric ester groups is 1. The average molecular weight is 351 g/mol. The summed E-state index contributed by atoms with van der Waals surface area (Å²) in [6, 6.07) is 0. The molecular weight excluding hydrogens is 333 g/mol. The Bertz CT molecular complexity index is 561. The maximum atomic E-state index is 10.7. The fourth-order valence-electron chi connectivity index (χ4n) is 2.18. The zero-order valence-electron chi connectivity index (χ0n) is 11.9. The first-order valence-electron chi connectivity index (χ1n) is 6.52. The summed E-state index contributed by atoms with van der Waals surface area (Å²) in [5, 5.41) is 19.9. The molecule has 1 unspecified atom stereocenters. The van der Waals surface area contributed by atoms with Crippen molar-refractivity contribution in [1.29, 1.82) is 0 Å². The van der Waals surface area contributed by atoms with Crippen molar-refractivity contribution in [2.45, 2.75) is 24.4 Å². The number of aliphatic imine (C=N–C) groups is 1. The van der Waals surface area contributed by atoms with Crippen LogP contribution in [-0.2, 0) is 18.7 Å². The quantitative estimate of drug-likeness (QED) is 0.281. The van der Waals surface area contributed by atoms with Gasteiger partial charge in [0, 0.05) is 12.3 Å². The molecule has 6 N–H and O–H groups in total. The molecule has 23 heavy (non-hydrogen) atoms. The third-order valence-corrected chi connectivity index (χ3v) is 3.82. The molecule has 12 heteroatoms. The minimum atomic E-state index is -4.69. The minimum absolute atomic E-state index is 0.0985. The van der Waals surface area contributed by atoms with Gasteiger partial charge in [0.05, 0.1) is 13.2 Å². The summed E-state index contributed by atoms with van der Waals surface area (Å²) in [5.41, 5.74) is 0. The molecule has 2 rings (SSSR count). The Labute approximate surface area is 131 Å². The summed E-state index contributed by atoms with van der Waals surface area (Å²) in [6.07, 6.45) is -1.50. The lowest BCUT2D eigenvalue weighted by atomic mass is 10.1. The highest BCUT2D eigenvalue weighted by Crippen LogP contribution is 2.37. The lowest BCUT2D eigenvalue weighted by molar-refractivity contribution is -0.0259. The fraction of sp³-hybridized carbons (Fsp3) is 0.545. The maximum Gasteiger partial charge on any atom is 0.469 e. The van der Waals surface area contributed by atoms with E-state index in [2.05, 4.69) is 20.9 Å². The van der Waals surface area contributed by atoms with Crippen LogP contribution in [0.2, 0.25) is 0 Å². The predicted octanol–water partition coefficient (Wildman–Crippen LogP) is -1.83. The normalized spacial score (nSPS) is 31.4. The van der Waals surface area contributed by atoms with E-state index in [9.17, 15) is 14.8 Å². The first kappa shape index (κ1) is 18.0. The molecule has 0 spiro atoms. The van der Waals surface area contributed by atoms with Gasteiger partial charge in [-0.3, -0.25) is 4.52 Å². The number of aliphatic hydroxyl groups is 2. The van der Waals surface area contributed by atoms with Crippen LogP contribution in [0, 0.1) is 0 Å². The van der Waals surface area contributed by atoms with E-state index in [0.717, 1.165) is 0 Å². The van der Waals surface area contributed by atoms with Crippen molar-refractivity contribution in [2.24, 2.45) is 10.9 Å². The number of ether oxygens (including phenoxy) is 1. The second-order valence-electron chi connectivity index (χ2n) is 4.93. The van der Waals surface area contributed by atoms with Gasteiger partial charge in [-0.2, -0.15) is 10.9 Å². The summed E-state index contributed by atoms with van der Waals surface area (Å²) in [5.74, 6) is 5.43. The van der Waals surface area contributed by atoms with Crippen molar-refractivity contribution in [3.05, 3.63) is 24.7 Å². The highest BCUT2D eigenvalue weighted by Gasteiger charge is 2.44. The van der Waals surface area contributed by atoms with Crippen LogP contribution in [0.15, 0.2) is 29.7 Å². The molecule has 0 amide bonds. The number of nitrogens with zero attached hydrogens (tertiary/aromatic N) is 2. The second kappa shape index (κ2) is 7.07. The van der Waals surface area contributed by atoms with E-state index in [4.69, 9.17) is 20.4 Å². The summed E-state index contributed by atoms with van der Waals surface area (Å²) in [4.78, 5) is 27.3. The summed E-state index contributed by atoms with van der Waals surface area (Å²) in [7, 11) is -4.69. The Morgan fingerprint density at radius 3 is 2.61 bits per heavy atom. The van der Waals surface area contributed by atoms with Crippen molar-refractivity contribution < 1.29 is 38.7 Å². The average Bonchev–Trinajstić information content (AvgIpc) is 2.74. The standard InChI is InChI=1S/C11H18N3O8P/c1-6-13-9(22-12)2-3-14(6)4-7-10(15)11(16)8(21-7)5-20-23(17,18)19/h2-3,7-8,10-11,15-16H,1,4-5,12H2,(H2,17,18,19)/t7-,8+,10+,11?/m0/s1. The van der Waals surface area contributed by atoms with Crippen LogP contribution in [0.4, 0.5) is 0 Å². The molecule has 0 aliphatic carbocycles. The van der Waals surface area contributed by atoms with Crippen LogP contribution >= 0.6 is 7.82 Å². The molecule has 0 radical (unpaired) electrons. The molecule has 0 aromatic heterocycles. The Morgan fingerprint density at radius 1 is 1.39 bits per heavy atom.